The summed E-state index contributed by atoms with van der Waals surface area (Å²) in [5.41, 5.74) is 5.90. The van der Waals surface area contributed by atoms with Crippen LogP contribution in [0.5, 0.6) is 0 Å². The third kappa shape index (κ3) is 2.21. The fourth-order valence-electron chi connectivity index (χ4n) is 3.78. The Labute approximate surface area is 94.2 Å². The van der Waals surface area contributed by atoms with Gasteiger partial charge in [-0.3, -0.25) is 4.90 Å². The minimum absolute atomic E-state index is 0.771. The van der Waals surface area contributed by atoms with Gasteiger partial charge in [-0.05, 0) is 52.0 Å². The van der Waals surface area contributed by atoms with Gasteiger partial charge in [0.05, 0.1) is 0 Å². The molecule has 2 fully saturated rings. The SMILES string of the molecule is CC1CCCC(C)N1C1CCCC1CN. The molecule has 2 nitrogen and oxygen atoms in total. The van der Waals surface area contributed by atoms with Crippen LogP contribution in [0, 0.1) is 5.92 Å². The van der Waals surface area contributed by atoms with E-state index in [0.29, 0.717) is 0 Å². The Morgan fingerprint density at radius 3 is 2.20 bits per heavy atom. The van der Waals surface area contributed by atoms with E-state index in [1.165, 1.54) is 38.5 Å². The van der Waals surface area contributed by atoms with Crippen molar-refractivity contribution in [2.24, 2.45) is 11.7 Å². The summed E-state index contributed by atoms with van der Waals surface area (Å²) in [5.74, 6) is 0.771. The molecule has 1 saturated heterocycles. The molecule has 4 unspecified atom stereocenters. The fraction of sp³-hybridized carbons (Fsp3) is 1.00. The molecule has 1 heterocycles. The summed E-state index contributed by atoms with van der Waals surface area (Å²) in [6.45, 7) is 5.70. The normalized spacial score (nSPS) is 43.4. The smallest absolute Gasteiger partial charge is 0.0141 e. The first-order valence-electron chi connectivity index (χ1n) is 6.71. The average Bonchev–Trinajstić information content (AvgIpc) is 2.65. The van der Waals surface area contributed by atoms with Gasteiger partial charge in [0.15, 0.2) is 0 Å². The monoisotopic (exact) mass is 210 g/mol. The average molecular weight is 210 g/mol. The number of nitrogens with zero attached hydrogens (tertiary/aromatic N) is 1. The molecular formula is C13H26N2. The Bertz CT molecular complexity index is 195. The second kappa shape index (κ2) is 4.84. The molecule has 0 aromatic rings. The zero-order valence-electron chi connectivity index (χ0n) is 10.3. The Morgan fingerprint density at radius 2 is 1.60 bits per heavy atom. The minimum Gasteiger partial charge on any atom is -0.330 e. The highest BCUT2D eigenvalue weighted by Gasteiger charge is 2.37. The molecule has 4 atom stereocenters. The largest absolute Gasteiger partial charge is 0.330 e. The molecule has 2 aliphatic rings. The lowest BCUT2D eigenvalue weighted by Gasteiger charge is -2.45. The first kappa shape index (κ1) is 11.4. The van der Waals surface area contributed by atoms with Crippen molar-refractivity contribution in [3.63, 3.8) is 0 Å². The summed E-state index contributed by atoms with van der Waals surface area (Å²) < 4.78 is 0. The van der Waals surface area contributed by atoms with Crippen LogP contribution in [0.1, 0.15) is 52.4 Å². The highest BCUT2D eigenvalue weighted by molar-refractivity contribution is 4.92. The van der Waals surface area contributed by atoms with Crippen molar-refractivity contribution in [1.82, 2.24) is 4.90 Å². The summed E-state index contributed by atoms with van der Waals surface area (Å²) in [6, 6.07) is 2.36. The van der Waals surface area contributed by atoms with Crippen LogP contribution in [0.3, 0.4) is 0 Å². The number of hydrogen-bond acceptors (Lipinski definition) is 2. The van der Waals surface area contributed by atoms with Crippen molar-refractivity contribution in [2.75, 3.05) is 6.54 Å². The van der Waals surface area contributed by atoms with E-state index in [0.717, 1.165) is 30.6 Å². The van der Waals surface area contributed by atoms with Gasteiger partial charge in [0, 0.05) is 18.1 Å². The molecule has 2 N–H and O–H groups in total. The number of nitrogens with two attached hydrogens (primary N) is 1. The van der Waals surface area contributed by atoms with E-state index in [2.05, 4.69) is 18.7 Å². The van der Waals surface area contributed by atoms with E-state index in [1.54, 1.807) is 0 Å². The zero-order valence-corrected chi connectivity index (χ0v) is 10.3. The molecular weight excluding hydrogens is 184 g/mol. The summed E-state index contributed by atoms with van der Waals surface area (Å²) >= 11 is 0. The first-order valence-corrected chi connectivity index (χ1v) is 6.71. The van der Waals surface area contributed by atoms with Crippen LogP contribution in [0.2, 0.25) is 0 Å². The Balaban J connectivity index is 2.06. The van der Waals surface area contributed by atoms with Gasteiger partial charge in [0.1, 0.15) is 0 Å². The quantitative estimate of drug-likeness (QED) is 0.758. The molecule has 0 bridgehead atoms. The maximum Gasteiger partial charge on any atom is 0.0141 e. The van der Waals surface area contributed by atoms with Crippen molar-refractivity contribution in [3.05, 3.63) is 0 Å². The molecule has 2 heteroatoms. The third-order valence-corrected chi connectivity index (χ3v) is 4.57. The predicted octanol–water partition coefficient (Wildman–Crippen LogP) is 2.38. The van der Waals surface area contributed by atoms with Crippen LogP contribution < -0.4 is 5.73 Å². The topological polar surface area (TPSA) is 29.3 Å². The highest BCUT2D eigenvalue weighted by atomic mass is 15.2. The first-order chi connectivity index (χ1) is 7.24. The molecule has 2 rings (SSSR count). The summed E-state index contributed by atoms with van der Waals surface area (Å²) in [5, 5.41) is 0. The van der Waals surface area contributed by atoms with Crippen LogP contribution in [0.25, 0.3) is 0 Å². The van der Waals surface area contributed by atoms with Crippen LogP contribution in [0.4, 0.5) is 0 Å². The molecule has 88 valence electrons. The van der Waals surface area contributed by atoms with Gasteiger partial charge < -0.3 is 5.73 Å². The summed E-state index contributed by atoms with van der Waals surface area (Å²) in [6.07, 6.45) is 8.32. The Hall–Kier alpha value is -0.0800. The summed E-state index contributed by atoms with van der Waals surface area (Å²) in [4.78, 5) is 2.79. The summed E-state index contributed by atoms with van der Waals surface area (Å²) in [7, 11) is 0. The fourth-order valence-corrected chi connectivity index (χ4v) is 3.78. The van der Waals surface area contributed by atoms with E-state index in [1.807, 2.05) is 0 Å². The number of hydrogen-bond donors (Lipinski definition) is 1. The standard InChI is InChI=1S/C13H26N2/c1-10-5-3-6-11(2)15(10)13-8-4-7-12(13)9-14/h10-13H,3-9,14H2,1-2H3. The van der Waals surface area contributed by atoms with Crippen LogP contribution in [-0.4, -0.2) is 29.6 Å². The van der Waals surface area contributed by atoms with Gasteiger partial charge in [-0.15, -0.1) is 0 Å². The second-order valence-corrected chi connectivity index (χ2v) is 5.57. The maximum atomic E-state index is 5.90. The molecule has 1 aliphatic heterocycles. The van der Waals surface area contributed by atoms with Crippen molar-refractivity contribution in [1.29, 1.82) is 0 Å². The van der Waals surface area contributed by atoms with Crippen LogP contribution in [0.15, 0.2) is 0 Å². The van der Waals surface area contributed by atoms with Crippen LogP contribution in [-0.2, 0) is 0 Å². The Kier molecular flexibility index (Phi) is 3.68. The number of rotatable bonds is 2. The third-order valence-electron chi connectivity index (χ3n) is 4.57. The maximum absolute atomic E-state index is 5.90. The van der Waals surface area contributed by atoms with Gasteiger partial charge >= 0.3 is 0 Å². The van der Waals surface area contributed by atoms with E-state index in [9.17, 15) is 0 Å². The lowest BCUT2D eigenvalue weighted by Crippen LogP contribution is -2.52. The zero-order chi connectivity index (χ0) is 10.8. The molecule has 15 heavy (non-hydrogen) atoms. The molecule has 0 amide bonds. The second-order valence-electron chi connectivity index (χ2n) is 5.57. The van der Waals surface area contributed by atoms with E-state index in [-0.39, 0.29) is 0 Å². The molecule has 1 aliphatic carbocycles. The van der Waals surface area contributed by atoms with Crippen LogP contribution >= 0.6 is 0 Å². The van der Waals surface area contributed by atoms with Gasteiger partial charge in [-0.2, -0.15) is 0 Å². The van der Waals surface area contributed by atoms with Crippen molar-refractivity contribution >= 4 is 0 Å². The number of likely N-dealkylation sites (tertiary alicyclic amines) is 1. The minimum atomic E-state index is 0.771. The highest BCUT2D eigenvalue weighted by Crippen LogP contribution is 2.35. The number of piperidine rings is 1. The van der Waals surface area contributed by atoms with Crippen molar-refractivity contribution < 1.29 is 0 Å². The van der Waals surface area contributed by atoms with E-state index >= 15 is 0 Å². The predicted molar refractivity (Wildman–Crippen MR) is 64.8 cm³/mol. The van der Waals surface area contributed by atoms with Gasteiger partial charge in [0.2, 0.25) is 0 Å². The lowest BCUT2D eigenvalue weighted by molar-refractivity contribution is 0.0387. The molecule has 0 aromatic carbocycles. The molecule has 0 aromatic heterocycles. The van der Waals surface area contributed by atoms with Gasteiger partial charge in [-0.1, -0.05) is 12.8 Å². The molecule has 0 spiro atoms. The lowest BCUT2D eigenvalue weighted by atomic mass is 9.91. The van der Waals surface area contributed by atoms with Crippen molar-refractivity contribution in [3.8, 4) is 0 Å². The van der Waals surface area contributed by atoms with E-state index < -0.39 is 0 Å². The van der Waals surface area contributed by atoms with Gasteiger partial charge in [-0.25, -0.2) is 0 Å². The van der Waals surface area contributed by atoms with Crippen molar-refractivity contribution in [2.45, 2.75) is 70.5 Å². The van der Waals surface area contributed by atoms with E-state index in [4.69, 9.17) is 5.73 Å². The molecule has 0 radical (unpaired) electrons. The Morgan fingerprint density at radius 1 is 1.00 bits per heavy atom. The molecule has 1 saturated carbocycles. The van der Waals surface area contributed by atoms with Gasteiger partial charge in [0.25, 0.3) is 0 Å².